The van der Waals surface area contributed by atoms with Crippen LogP contribution in [0.15, 0.2) is 48.7 Å². The lowest BCUT2D eigenvalue weighted by Crippen LogP contribution is -2.26. The normalized spacial score (nSPS) is 11.1. The SMILES string of the molecule is CC(C)Cc1nc(C(=O)NCCCOc2ccc(F)cc2)c2ccccn12. The zero-order valence-corrected chi connectivity index (χ0v) is 15.6. The number of hydrogen-bond donors (Lipinski definition) is 1. The van der Waals surface area contributed by atoms with Crippen LogP contribution in [-0.4, -0.2) is 28.4 Å². The van der Waals surface area contributed by atoms with Gasteiger partial charge in [0, 0.05) is 19.2 Å². The molecule has 5 nitrogen and oxygen atoms in total. The average Bonchev–Trinajstić information content (AvgIpc) is 3.01. The highest BCUT2D eigenvalue weighted by Gasteiger charge is 2.17. The van der Waals surface area contributed by atoms with Gasteiger partial charge in [0.05, 0.1) is 12.1 Å². The summed E-state index contributed by atoms with van der Waals surface area (Å²) in [6.45, 7) is 5.18. The predicted octanol–water partition coefficient (Wildman–Crippen LogP) is 3.87. The Bertz CT molecular complexity index is 903. The molecule has 1 aromatic carbocycles. The van der Waals surface area contributed by atoms with Crippen molar-refractivity contribution in [2.24, 2.45) is 5.92 Å². The maximum atomic E-state index is 12.9. The topological polar surface area (TPSA) is 55.6 Å². The molecule has 6 heteroatoms. The number of carbonyl (C=O) groups is 1. The molecule has 0 saturated heterocycles. The minimum absolute atomic E-state index is 0.185. The van der Waals surface area contributed by atoms with E-state index in [-0.39, 0.29) is 11.7 Å². The first-order chi connectivity index (χ1) is 13.0. The van der Waals surface area contributed by atoms with Crippen molar-refractivity contribution in [3.05, 3.63) is 66.0 Å². The molecule has 1 amide bonds. The molecule has 0 aliphatic carbocycles. The lowest BCUT2D eigenvalue weighted by atomic mass is 10.1. The van der Waals surface area contributed by atoms with Crippen LogP contribution in [0, 0.1) is 11.7 Å². The summed E-state index contributed by atoms with van der Waals surface area (Å²) in [5.41, 5.74) is 1.26. The van der Waals surface area contributed by atoms with E-state index in [4.69, 9.17) is 4.74 Å². The molecule has 0 aliphatic heterocycles. The zero-order valence-electron chi connectivity index (χ0n) is 15.6. The Labute approximate surface area is 158 Å². The summed E-state index contributed by atoms with van der Waals surface area (Å²) in [5.74, 6) is 1.48. The Hall–Kier alpha value is -2.89. The molecular formula is C21H24FN3O2. The van der Waals surface area contributed by atoms with Crippen LogP contribution in [0.1, 0.15) is 36.6 Å². The highest BCUT2D eigenvalue weighted by Crippen LogP contribution is 2.16. The van der Waals surface area contributed by atoms with Gasteiger partial charge in [-0.05, 0) is 48.7 Å². The van der Waals surface area contributed by atoms with E-state index in [1.54, 1.807) is 12.1 Å². The van der Waals surface area contributed by atoms with Crippen LogP contribution in [0.2, 0.25) is 0 Å². The quantitative estimate of drug-likeness (QED) is 0.613. The molecule has 0 atom stereocenters. The number of fused-ring (bicyclic) bond motifs is 1. The lowest BCUT2D eigenvalue weighted by Gasteiger charge is -2.07. The molecule has 142 valence electrons. The van der Waals surface area contributed by atoms with Crippen molar-refractivity contribution in [2.75, 3.05) is 13.2 Å². The summed E-state index contributed by atoms with van der Waals surface area (Å²) in [5, 5.41) is 2.90. The smallest absolute Gasteiger partial charge is 0.272 e. The number of halogens is 1. The van der Waals surface area contributed by atoms with Crippen LogP contribution in [0.3, 0.4) is 0 Å². The Kier molecular flexibility index (Phi) is 6.06. The van der Waals surface area contributed by atoms with Crippen molar-refractivity contribution >= 4 is 11.4 Å². The number of ether oxygens (including phenoxy) is 1. The maximum absolute atomic E-state index is 12.9. The Morgan fingerprint density at radius 2 is 2.00 bits per heavy atom. The molecule has 3 aromatic rings. The van der Waals surface area contributed by atoms with Crippen LogP contribution in [0.25, 0.3) is 5.52 Å². The van der Waals surface area contributed by atoms with Gasteiger partial charge in [0.25, 0.3) is 5.91 Å². The van der Waals surface area contributed by atoms with Gasteiger partial charge in [-0.1, -0.05) is 19.9 Å². The number of pyridine rings is 1. The zero-order chi connectivity index (χ0) is 19.2. The largest absolute Gasteiger partial charge is 0.494 e. The van der Waals surface area contributed by atoms with Crippen LogP contribution >= 0.6 is 0 Å². The number of nitrogens with zero attached hydrogens (tertiary/aromatic N) is 2. The van der Waals surface area contributed by atoms with Gasteiger partial charge in [0.15, 0.2) is 5.69 Å². The molecule has 0 aliphatic rings. The van der Waals surface area contributed by atoms with E-state index in [0.29, 0.717) is 36.9 Å². The van der Waals surface area contributed by atoms with Gasteiger partial charge in [0.1, 0.15) is 17.4 Å². The highest BCUT2D eigenvalue weighted by molar-refractivity contribution is 5.99. The Balaban J connectivity index is 1.55. The maximum Gasteiger partial charge on any atom is 0.272 e. The summed E-state index contributed by atoms with van der Waals surface area (Å²) >= 11 is 0. The number of hydrogen-bond acceptors (Lipinski definition) is 3. The molecule has 3 rings (SSSR count). The van der Waals surface area contributed by atoms with E-state index in [1.807, 2.05) is 28.8 Å². The Morgan fingerprint density at radius 3 is 2.74 bits per heavy atom. The number of imidazole rings is 1. The summed E-state index contributed by atoms with van der Waals surface area (Å²) in [4.78, 5) is 17.1. The van der Waals surface area contributed by atoms with E-state index in [1.165, 1.54) is 12.1 Å². The first-order valence-corrected chi connectivity index (χ1v) is 9.17. The number of amides is 1. The van der Waals surface area contributed by atoms with Crippen molar-refractivity contribution in [3.63, 3.8) is 0 Å². The monoisotopic (exact) mass is 369 g/mol. The third-order valence-electron chi connectivity index (χ3n) is 4.12. The second-order valence-electron chi connectivity index (χ2n) is 6.84. The summed E-state index contributed by atoms with van der Waals surface area (Å²) in [6, 6.07) is 11.6. The van der Waals surface area contributed by atoms with Crippen LogP contribution < -0.4 is 10.1 Å². The Morgan fingerprint density at radius 1 is 1.22 bits per heavy atom. The fourth-order valence-corrected chi connectivity index (χ4v) is 2.86. The molecule has 27 heavy (non-hydrogen) atoms. The van der Waals surface area contributed by atoms with Crippen molar-refractivity contribution in [2.45, 2.75) is 26.7 Å². The van der Waals surface area contributed by atoms with Gasteiger partial charge in [-0.2, -0.15) is 0 Å². The van der Waals surface area contributed by atoms with Gasteiger partial charge in [-0.25, -0.2) is 9.37 Å². The number of rotatable bonds is 8. The fourth-order valence-electron chi connectivity index (χ4n) is 2.86. The van der Waals surface area contributed by atoms with Crippen molar-refractivity contribution in [1.29, 1.82) is 0 Å². The molecule has 0 unspecified atom stereocenters. The van der Waals surface area contributed by atoms with Crippen molar-refractivity contribution in [1.82, 2.24) is 14.7 Å². The van der Waals surface area contributed by atoms with Crippen molar-refractivity contribution in [3.8, 4) is 5.75 Å². The van der Waals surface area contributed by atoms with Gasteiger partial charge < -0.3 is 14.5 Å². The number of nitrogens with one attached hydrogen (secondary N) is 1. The van der Waals surface area contributed by atoms with Crippen LogP contribution in [-0.2, 0) is 6.42 Å². The minimum Gasteiger partial charge on any atom is -0.494 e. The van der Waals surface area contributed by atoms with E-state index < -0.39 is 0 Å². The number of carbonyl (C=O) groups excluding carboxylic acids is 1. The molecule has 0 fully saturated rings. The molecule has 0 saturated carbocycles. The van der Waals surface area contributed by atoms with Gasteiger partial charge in [-0.3, -0.25) is 4.79 Å². The molecular weight excluding hydrogens is 345 g/mol. The molecule has 0 spiro atoms. The second kappa shape index (κ2) is 8.66. The van der Waals surface area contributed by atoms with Crippen LogP contribution in [0.5, 0.6) is 5.75 Å². The summed E-state index contributed by atoms with van der Waals surface area (Å²) in [7, 11) is 0. The number of aromatic nitrogens is 2. The molecule has 2 heterocycles. The fraction of sp³-hybridized carbons (Fsp3) is 0.333. The summed E-state index contributed by atoms with van der Waals surface area (Å²) < 4.78 is 20.4. The molecule has 2 aromatic heterocycles. The molecule has 0 bridgehead atoms. The second-order valence-corrected chi connectivity index (χ2v) is 6.84. The minimum atomic E-state index is -0.293. The molecule has 1 N–H and O–H groups in total. The third-order valence-corrected chi connectivity index (χ3v) is 4.12. The first-order valence-electron chi connectivity index (χ1n) is 9.17. The van der Waals surface area contributed by atoms with E-state index in [2.05, 4.69) is 24.1 Å². The predicted molar refractivity (Wildman–Crippen MR) is 103 cm³/mol. The van der Waals surface area contributed by atoms with E-state index in [0.717, 1.165) is 17.8 Å². The van der Waals surface area contributed by atoms with Crippen molar-refractivity contribution < 1.29 is 13.9 Å². The van der Waals surface area contributed by atoms with Crippen LogP contribution in [0.4, 0.5) is 4.39 Å². The summed E-state index contributed by atoms with van der Waals surface area (Å²) in [6.07, 6.45) is 3.39. The van der Waals surface area contributed by atoms with E-state index in [9.17, 15) is 9.18 Å². The highest BCUT2D eigenvalue weighted by atomic mass is 19.1. The first kappa shape index (κ1) is 18.9. The van der Waals surface area contributed by atoms with Gasteiger partial charge in [0.2, 0.25) is 0 Å². The number of benzene rings is 1. The standard InChI is InChI=1S/C21H24FN3O2/c1-15(2)14-19-24-20(18-6-3-4-12-25(18)19)21(26)23-11-5-13-27-17-9-7-16(22)8-10-17/h3-4,6-10,12,15H,5,11,13-14H2,1-2H3,(H,23,26). The molecule has 0 radical (unpaired) electrons. The van der Waals surface area contributed by atoms with E-state index >= 15 is 0 Å². The van der Waals surface area contributed by atoms with Gasteiger partial charge in [-0.15, -0.1) is 0 Å². The third kappa shape index (κ3) is 4.84. The lowest BCUT2D eigenvalue weighted by molar-refractivity contribution is 0.0948. The van der Waals surface area contributed by atoms with Gasteiger partial charge >= 0.3 is 0 Å². The average molecular weight is 369 g/mol.